The van der Waals surface area contributed by atoms with Crippen LogP contribution in [0.25, 0.3) is 0 Å². The van der Waals surface area contributed by atoms with Crippen molar-refractivity contribution in [2.45, 2.75) is 32.8 Å². The molecule has 2 rings (SSSR count). The number of amides is 1. The van der Waals surface area contributed by atoms with Crippen molar-refractivity contribution >= 4 is 23.9 Å². The zero-order valence-corrected chi connectivity index (χ0v) is 17.2. The number of nitrogens with two attached hydrogens (primary N) is 2. The van der Waals surface area contributed by atoms with Crippen LogP contribution in [-0.2, 0) is 14.3 Å². The van der Waals surface area contributed by atoms with Gasteiger partial charge in [0.1, 0.15) is 5.84 Å². The van der Waals surface area contributed by atoms with Gasteiger partial charge in [-0.3, -0.25) is 4.79 Å². The summed E-state index contributed by atoms with van der Waals surface area (Å²) in [5.74, 6) is -0.204. The number of methoxy groups -OCH3 is 2. The van der Waals surface area contributed by atoms with Crippen molar-refractivity contribution in [1.82, 2.24) is 4.90 Å². The molecule has 4 N–H and O–H groups in total. The minimum Gasteiger partial charge on any atom is -0.465 e. The molecule has 0 fully saturated rings. The molecule has 154 valence electrons. The molecule has 28 heavy (non-hydrogen) atoms. The number of hydrogen-bond acceptors (Lipinski definition) is 6. The third-order valence-electron chi connectivity index (χ3n) is 4.00. The first-order chi connectivity index (χ1) is 13.1. The number of nitrogens with zero attached hydrogens (tertiary/aromatic N) is 2. The quantitative estimate of drug-likeness (QED) is 0.351. The number of benzene rings is 1. The Balaban J connectivity index is 0.000000568. The van der Waals surface area contributed by atoms with Crippen LogP contribution >= 0.6 is 0 Å². The van der Waals surface area contributed by atoms with E-state index < -0.39 is 5.97 Å². The Morgan fingerprint density at radius 1 is 1.29 bits per heavy atom. The van der Waals surface area contributed by atoms with Crippen LogP contribution in [0, 0.1) is 0 Å². The third kappa shape index (κ3) is 7.40. The molecular weight excluding hydrogens is 360 g/mol. The Labute approximate surface area is 166 Å². The van der Waals surface area contributed by atoms with Crippen LogP contribution in [0.4, 0.5) is 5.69 Å². The molecule has 0 saturated heterocycles. The first-order valence-electron chi connectivity index (χ1n) is 8.86. The monoisotopic (exact) mass is 390 g/mol. The molecule has 1 amide bonds. The van der Waals surface area contributed by atoms with Crippen molar-refractivity contribution < 1.29 is 19.1 Å². The maximum Gasteiger partial charge on any atom is 0.337 e. The van der Waals surface area contributed by atoms with Gasteiger partial charge in [0.05, 0.1) is 30.5 Å². The molecule has 1 aliphatic rings. The van der Waals surface area contributed by atoms with Crippen LogP contribution in [0.3, 0.4) is 0 Å². The molecule has 8 heteroatoms. The van der Waals surface area contributed by atoms with Gasteiger partial charge in [-0.15, -0.1) is 0 Å². The van der Waals surface area contributed by atoms with Crippen LogP contribution in [-0.4, -0.2) is 56.0 Å². The number of amidine groups is 1. The molecule has 1 aromatic rings. The summed E-state index contributed by atoms with van der Waals surface area (Å²) in [5, 5.41) is 0. The lowest BCUT2D eigenvalue weighted by atomic mass is 10.1. The zero-order valence-electron chi connectivity index (χ0n) is 17.2. The Morgan fingerprint density at radius 2 is 1.93 bits per heavy atom. The fourth-order valence-corrected chi connectivity index (χ4v) is 2.16. The predicted octanol–water partition coefficient (Wildman–Crippen LogP) is 1.97. The lowest BCUT2D eigenvalue weighted by Crippen LogP contribution is -2.37. The van der Waals surface area contributed by atoms with E-state index in [9.17, 15) is 9.59 Å². The Hall–Kier alpha value is -2.87. The van der Waals surface area contributed by atoms with Crippen LogP contribution in [0.1, 0.15) is 37.6 Å². The molecule has 8 nitrogen and oxygen atoms in total. The van der Waals surface area contributed by atoms with E-state index in [0.717, 1.165) is 6.41 Å². The molecule has 1 heterocycles. The van der Waals surface area contributed by atoms with E-state index in [-0.39, 0.29) is 11.4 Å². The summed E-state index contributed by atoms with van der Waals surface area (Å²) in [6, 6.07) is 6.62. The number of esters is 1. The summed E-state index contributed by atoms with van der Waals surface area (Å²) < 4.78 is 9.60. The topological polar surface area (TPSA) is 120 Å². The zero-order chi connectivity index (χ0) is 21.3. The van der Waals surface area contributed by atoms with Crippen molar-refractivity contribution in [3.05, 3.63) is 41.1 Å². The van der Waals surface area contributed by atoms with Gasteiger partial charge >= 0.3 is 5.97 Å². The third-order valence-corrected chi connectivity index (χ3v) is 4.00. The molecule has 1 aromatic carbocycles. The number of rotatable bonds is 4. The Bertz CT molecular complexity index is 751. The van der Waals surface area contributed by atoms with E-state index in [1.807, 2.05) is 20.8 Å². The van der Waals surface area contributed by atoms with E-state index in [2.05, 4.69) is 9.73 Å². The van der Waals surface area contributed by atoms with Gasteiger partial charge in [-0.2, -0.15) is 0 Å². The first kappa shape index (κ1) is 23.2. The van der Waals surface area contributed by atoms with Crippen LogP contribution in [0.2, 0.25) is 0 Å². The van der Waals surface area contributed by atoms with Crippen molar-refractivity contribution in [3.8, 4) is 0 Å². The summed E-state index contributed by atoms with van der Waals surface area (Å²) >= 11 is 0. The van der Waals surface area contributed by atoms with Crippen LogP contribution in [0.5, 0.6) is 0 Å². The predicted molar refractivity (Wildman–Crippen MR) is 109 cm³/mol. The van der Waals surface area contributed by atoms with Crippen LogP contribution < -0.4 is 11.5 Å². The second-order valence-corrected chi connectivity index (χ2v) is 7.19. The summed E-state index contributed by atoms with van der Waals surface area (Å²) in [6.45, 7) is 6.97. The number of carbonyl (C=O) groups excluding carboxylic acids is 2. The highest BCUT2D eigenvalue weighted by molar-refractivity contribution is 6.00. The van der Waals surface area contributed by atoms with E-state index >= 15 is 0 Å². The van der Waals surface area contributed by atoms with Crippen LogP contribution in [0.15, 0.2) is 40.5 Å². The molecule has 0 atom stereocenters. The summed E-state index contributed by atoms with van der Waals surface area (Å²) in [4.78, 5) is 28.3. The van der Waals surface area contributed by atoms with Gasteiger partial charge in [0, 0.05) is 31.3 Å². The highest BCUT2D eigenvalue weighted by Gasteiger charge is 2.18. The smallest absolute Gasteiger partial charge is 0.337 e. The minimum absolute atomic E-state index is 0.0417. The van der Waals surface area contributed by atoms with Gasteiger partial charge in [0.25, 0.3) is 0 Å². The lowest BCUT2D eigenvalue weighted by molar-refractivity contribution is -0.117. The molecule has 0 aliphatic carbocycles. The number of hydrogen-bond donors (Lipinski definition) is 2. The van der Waals surface area contributed by atoms with Gasteiger partial charge in [0.15, 0.2) is 0 Å². The first-order valence-corrected chi connectivity index (χ1v) is 8.86. The molecule has 0 spiro atoms. The fourth-order valence-electron chi connectivity index (χ4n) is 2.16. The Kier molecular flexibility index (Phi) is 8.66. The molecule has 0 bridgehead atoms. The molecular formula is C20H30N4O4. The van der Waals surface area contributed by atoms with Gasteiger partial charge in [0.2, 0.25) is 6.41 Å². The van der Waals surface area contributed by atoms with E-state index in [1.54, 1.807) is 36.3 Å². The maximum atomic E-state index is 11.5. The molecule has 0 aromatic heterocycles. The van der Waals surface area contributed by atoms with Crippen molar-refractivity contribution in [2.24, 2.45) is 16.5 Å². The molecule has 0 radical (unpaired) electrons. The largest absolute Gasteiger partial charge is 0.465 e. The molecule has 1 aliphatic heterocycles. The highest BCUT2D eigenvalue weighted by Crippen LogP contribution is 2.18. The second-order valence-electron chi connectivity index (χ2n) is 7.19. The van der Waals surface area contributed by atoms with Crippen molar-refractivity contribution in [1.29, 1.82) is 0 Å². The summed E-state index contributed by atoms with van der Waals surface area (Å²) in [7, 11) is 3.02. The van der Waals surface area contributed by atoms with E-state index in [4.69, 9.17) is 16.2 Å². The molecule has 0 saturated carbocycles. The van der Waals surface area contributed by atoms with Gasteiger partial charge in [-0.1, -0.05) is 6.07 Å². The number of ether oxygens (including phenoxy) is 2. The average Bonchev–Trinajstić information content (AvgIpc) is 2.67. The summed E-state index contributed by atoms with van der Waals surface area (Å²) in [5.41, 5.74) is 14.2. The van der Waals surface area contributed by atoms with Gasteiger partial charge in [-0.25, -0.2) is 9.79 Å². The van der Waals surface area contributed by atoms with E-state index in [0.29, 0.717) is 42.0 Å². The molecule has 0 unspecified atom stereocenters. The van der Waals surface area contributed by atoms with Crippen molar-refractivity contribution in [3.63, 3.8) is 0 Å². The highest BCUT2D eigenvalue weighted by atomic mass is 16.5. The maximum absolute atomic E-state index is 11.5. The fraction of sp³-hybridized carbons (Fsp3) is 0.450. The second kappa shape index (κ2) is 10.5. The SMILES string of the molecule is COC(=O)c1cccc(N=C(N)C2=C(N)CCN(C=O)C2)c1.COC(C)(C)C. The van der Waals surface area contributed by atoms with Gasteiger partial charge in [-0.05, 0) is 39.0 Å². The lowest BCUT2D eigenvalue weighted by Gasteiger charge is -2.25. The minimum atomic E-state index is -0.445. The average molecular weight is 390 g/mol. The Morgan fingerprint density at radius 3 is 2.46 bits per heavy atom. The standard InChI is InChI=1S/C15H18N4O3.C5H12O/c1-22-15(21)10-3-2-4-11(7-10)18-14(17)12-8-19(9-20)6-5-13(12)16;1-5(2,3)6-4/h2-4,7,9H,5-6,8,16H2,1H3,(H2,17,18);1-4H3. The van der Waals surface area contributed by atoms with Crippen molar-refractivity contribution in [2.75, 3.05) is 27.3 Å². The van der Waals surface area contributed by atoms with Gasteiger partial charge < -0.3 is 25.8 Å². The normalized spacial score (nSPS) is 14.9. The number of carbonyl (C=O) groups is 2. The van der Waals surface area contributed by atoms with E-state index in [1.165, 1.54) is 7.11 Å². The summed E-state index contributed by atoms with van der Waals surface area (Å²) in [6.07, 6.45) is 1.32. The number of aliphatic imine (C=N–C) groups is 1.